The van der Waals surface area contributed by atoms with Crippen LogP contribution in [-0.4, -0.2) is 17.6 Å². The molecule has 126 valence electrons. The number of para-hydroxylation sites is 2. The second-order valence-electron chi connectivity index (χ2n) is 6.30. The van der Waals surface area contributed by atoms with E-state index < -0.39 is 0 Å². The molecule has 0 N–H and O–H groups in total. The summed E-state index contributed by atoms with van der Waals surface area (Å²) < 4.78 is 7.54. The van der Waals surface area contributed by atoms with E-state index in [2.05, 4.69) is 29.9 Å². The molecule has 3 aromatic rings. The molecule has 1 aromatic heterocycles. The van der Waals surface area contributed by atoms with Gasteiger partial charge in [-0.25, -0.2) is 0 Å². The van der Waals surface area contributed by atoms with Gasteiger partial charge in [-0.1, -0.05) is 30.3 Å². The molecule has 4 heteroatoms. The van der Waals surface area contributed by atoms with Crippen LogP contribution < -0.4 is 9.64 Å². The van der Waals surface area contributed by atoms with E-state index in [9.17, 15) is 4.79 Å². The van der Waals surface area contributed by atoms with E-state index >= 15 is 0 Å². The van der Waals surface area contributed by atoms with Gasteiger partial charge in [0.15, 0.2) is 0 Å². The van der Waals surface area contributed by atoms with Gasteiger partial charge in [-0.3, -0.25) is 4.79 Å². The van der Waals surface area contributed by atoms with Crippen molar-refractivity contribution in [3.05, 3.63) is 83.2 Å². The van der Waals surface area contributed by atoms with Crippen LogP contribution in [-0.2, 0) is 20.0 Å². The second kappa shape index (κ2) is 6.13. The van der Waals surface area contributed by atoms with Crippen LogP contribution in [0.3, 0.4) is 0 Å². The van der Waals surface area contributed by atoms with Gasteiger partial charge in [-0.2, -0.15) is 0 Å². The molecule has 1 aliphatic heterocycles. The summed E-state index contributed by atoms with van der Waals surface area (Å²) in [5, 5.41) is 0. The summed E-state index contributed by atoms with van der Waals surface area (Å²) in [6, 6.07) is 17.6. The summed E-state index contributed by atoms with van der Waals surface area (Å²) in [7, 11) is 3.65. The van der Waals surface area contributed by atoms with E-state index in [1.807, 2.05) is 47.4 Å². The first-order chi connectivity index (χ1) is 12.2. The predicted octanol–water partition coefficient (Wildman–Crippen LogP) is 3.78. The molecule has 0 atom stereocenters. The molecule has 0 saturated heterocycles. The number of amides is 1. The summed E-state index contributed by atoms with van der Waals surface area (Å²) in [6.07, 6.45) is 2.88. The number of carbonyl (C=O) groups is 1. The molecule has 0 saturated carbocycles. The maximum Gasteiger partial charge on any atom is 0.262 e. The molecular formula is C21H20N2O2. The summed E-state index contributed by atoms with van der Waals surface area (Å²) in [5.41, 5.74) is 5.14. The van der Waals surface area contributed by atoms with Crippen molar-refractivity contribution in [3.8, 4) is 5.75 Å². The number of aromatic nitrogens is 1. The van der Waals surface area contributed by atoms with E-state index in [1.54, 1.807) is 7.11 Å². The molecule has 0 spiro atoms. The maximum absolute atomic E-state index is 13.4. The summed E-state index contributed by atoms with van der Waals surface area (Å²) >= 11 is 0. The fourth-order valence-corrected chi connectivity index (χ4v) is 3.50. The Kier molecular flexibility index (Phi) is 3.80. The van der Waals surface area contributed by atoms with E-state index in [-0.39, 0.29) is 5.91 Å². The lowest BCUT2D eigenvalue weighted by atomic mass is 10.1. The highest BCUT2D eigenvalue weighted by Crippen LogP contribution is 2.33. The molecule has 2 aromatic carbocycles. The van der Waals surface area contributed by atoms with Crippen LogP contribution in [0.4, 0.5) is 5.69 Å². The van der Waals surface area contributed by atoms with Gasteiger partial charge >= 0.3 is 0 Å². The van der Waals surface area contributed by atoms with Gasteiger partial charge < -0.3 is 14.2 Å². The molecule has 0 aliphatic carbocycles. The number of benzene rings is 2. The Morgan fingerprint density at radius 2 is 1.76 bits per heavy atom. The van der Waals surface area contributed by atoms with Crippen LogP contribution in [0.2, 0.25) is 0 Å². The zero-order chi connectivity index (χ0) is 17.4. The Morgan fingerprint density at radius 3 is 2.60 bits per heavy atom. The van der Waals surface area contributed by atoms with Gasteiger partial charge in [-0.05, 0) is 35.4 Å². The largest absolute Gasteiger partial charge is 0.496 e. The van der Waals surface area contributed by atoms with E-state index in [1.165, 1.54) is 11.3 Å². The average molecular weight is 332 g/mol. The fraction of sp³-hybridized carbons (Fsp3) is 0.190. The molecule has 25 heavy (non-hydrogen) atoms. The Balaban J connectivity index is 1.84. The standard InChI is InChI=1S/C21H20N2O2/c1-22-12-11-16-14-23(18-9-5-3-7-15(18)13-19(16)22)21(24)17-8-4-6-10-20(17)25-2/h3-12H,13-14H2,1-2H3. The van der Waals surface area contributed by atoms with Crippen molar-refractivity contribution in [2.24, 2.45) is 7.05 Å². The van der Waals surface area contributed by atoms with E-state index in [4.69, 9.17) is 4.74 Å². The molecular weight excluding hydrogens is 312 g/mol. The first kappa shape index (κ1) is 15.5. The highest BCUT2D eigenvalue weighted by atomic mass is 16.5. The van der Waals surface area contributed by atoms with Crippen LogP contribution in [0.5, 0.6) is 5.75 Å². The van der Waals surface area contributed by atoms with E-state index in [0.717, 1.165) is 17.7 Å². The third kappa shape index (κ3) is 2.60. The molecule has 4 nitrogen and oxygen atoms in total. The monoisotopic (exact) mass is 332 g/mol. The lowest BCUT2D eigenvalue weighted by Crippen LogP contribution is -2.30. The molecule has 0 radical (unpaired) electrons. The van der Waals surface area contributed by atoms with Crippen molar-refractivity contribution < 1.29 is 9.53 Å². The highest BCUT2D eigenvalue weighted by Gasteiger charge is 2.27. The van der Waals surface area contributed by atoms with Crippen molar-refractivity contribution in [1.82, 2.24) is 4.57 Å². The first-order valence-electron chi connectivity index (χ1n) is 8.35. The number of hydrogen-bond donors (Lipinski definition) is 0. The number of nitrogens with zero attached hydrogens (tertiary/aromatic N) is 2. The van der Waals surface area contributed by atoms with Crippen LogP contribution in [0, 0.1) is 0 Å². The summed E-state index contributed by atoms with van der Waals surface area (Å²) in [6.45, 7) is 0.560. The lowest BCUT2D eigenvalue weighted by Gasteiger charge is -2.24. The SMILES string of the molecule is COc1ccccc1C(=O)N1Cc2ccn(C)c2Cc2ccccc21. The average Bonchev–Trinajstić information content (AvgIpc) is 2.90. The number of methoxy groups -OCH3 is 1. The summed E-state index contributed by atoms with van der Waals surface area (Å²) in [4.78, 5) is 15.2. The van der Waals surface area contributed by atoms with Gasteiger partial charge in [0, 0.05) is 31.0 Å². The number of fused-ring (bicyclic) bond motifs is 2. The van der Waals surface area contributed by atoms with Crippen molar-refractivity contribution >= 4 is 11.6 Å². The van der Waals surface area contributed by atoms with Crippen molar-refractivity contribution in [3.63, 3.8) is 0 Å². The Labute approximate surface area is 147 Å². The quantitative estimate of drug-likeness (QED) is 0.716. The minimum Gasteiger partial charge on any atom is -0.496 e. The predicted molar refractivity (Wildman–Crippen MR) is 98.2 cm³/mol. The maximum atomic E-state index is 13.4. The second-order valence-corrected chi connectivity index (χ2v) is 6.30. The van der Waals surface area contributed by atoms with Gasteiger partial charge in [0.25, 0.3) is 5.91 Å². The third-order valence-corrected chi connectivity index (χ3v) is 4.85. The molecule has 0 unspecified atom stereocenters. The zero-order valence-electron chi connectivity index (χ0n) is 14.4. The number of carbonyl (C=O) groups excluding carboxylic acids is 1. The molecule has 2 heterocycles. The number of anilines is 1. The number of aryl methyl sites for hydroxylation is 1. The zero-order valence-corrected chi connectivity index (χ0v) is 14.4. The minimum absolute atomic E-state index is 0.0402. The number of hydrogen-bond acceptors (Lipinski definition) is 2. The topological polar surface area (TPSA) is 34.5 Å². The Morgan fingerprint density at radius 1 is 1.00 bits per heavy atom. The van der Waals surface area contributed by atoms with Gasteiger partial charge in [0.1, 0.15) is 5.75 Å². The van der Waals surface area contributed by atoms with Crippen LogP contribution in [0.25, 0.3) is 0 Å². The lowest BCUT2D eigenvalue weighted by molar-refractivity contribution is 0.0982. The molecule has 4 rings (SSSR count). The summed E-state index contributed by atoms with van der Waals surface area (Å²) in [5.74, 6) is 0.559. The van der Waals surface area contributed by atoms with Gasteiger partial charge in [0.2, 0.25) is 0 Å². The van der Waals surface area contributed by atoms with Gasteiger partial charge in [0.05, 0.1) is 19.2 Å². The smallest absolute Gasteiger partial charge is 0.262 e. The number of rotatable bonds is 2. The van der Waals surface area contributed by atoms with Crippen LogP contribution in [0.15, 0.2) is 60.8 Å². The molecule has 0 fully saturated rings. The van der Waals surface area contributed by atoms with Gasteiger partial charge in [-0.15, -0.1) is 0 Å². The molecule has 1 amide bonds. The van der Waals surface area contributed by atoms with Crippen molar-refractivity contribution in [1.29, 1.82) is 0 Å². The third-order valence-electron chi connectivity index (χ3n) is 4.85. The minimum atomic E-state index is -0.0402. The Hall–Kier alpha value is -3.01. The highest BCUT2D eigenvalue weighted by molar-refractivity contribution is 6.08. The molecule has 0 bridgehead atoms. The fourth-order valence-electron chi connectivity index (χ4n) is 3.50. The van der Waals surface area contributed by atoms with E-state index in [0.29, 0.717) is 17.9 Å². The first-order valence-corrected chi connectivity index (χ1v) is 8.35. The Bertz CT molecular complexity index is 943. The normalized spacial score (nSPS) is 13.0. The molecule has 1 aliphatic rings. The van der Waals surface area contributed by atoms with Crippen molar-refractivity contribution in [2.45, 2.75) is 13.0 Å². The number of ether oxygens (including phenoxy) is 1. The van der Waals surface area contributed by atoms with Crippen LogP contribution in [0.1, 0.15) is 27.2 Å². The van der Waals surface area contributed by atoms with Crippen LogP contribution >= 0.6 is 0 Å². The van der Waals surface area contributed by atoms with Crippen molar-refractivity contribution in [2.75, 3.05) is 12.0 Å².